The van der Waals surface area contributed by atoms with Crippen molar-refractivity contribution in [1.82, 2.24) is 4.90 Å². The number of hydrogen-bond donors (Lipinski definition) is 0. The van der Waals surface area contributed by atoms with Crippen LogP contribution >= 0.6 is 0 Å². The predicted octanol–water partition coefficient (Wildman–Crippen LogP) is 4.02. The number of benzene rings is 1. The fourth-order valence-corrected chi connectivity index (χ4v) is 3.17. The molecule has 1 aromatic carbocycles. The maximum atomic E-state index is 13.2. The van der Waals surface area contributed by atoms with E-state index in [1.807, 2.05) is 36.9 Å². The van der Waals surface area contributed by atoms with Crippen LogP contribution in [-0.4, -0.2) is 37.1 Å². The van der Waals surface area contributed by atoms with E-state index in [1.165, 1.54) is 0 Å². The molecule has 0 radical (unpaired) electrons. The van der Waals surface area contributed by atoms with Crippen LogP contribution in [0.4, 0.5) is 0 Å². The molecule has 4 heteroatoms. The summed E-state index contributed by atoms with van der Waals surface area (Å²) < 4.78 is 11.3. The van der Waals surface area contributed by atoms with Crippen LogP contribution in [0.15, 0.2) is 18.2 Å². The van der Waals surface area contributed by atoms with E-state index < -0.39 is 5.41 Å². The molecule has 0 aromatic heterocycles. The third-order valence-corrected chi connectivity index (χ3v) is 5.10. The van der Waals surface area contributed by atoms with Gasteiger partial charge in [-0.3, -0.25) is 4.79 Å². The first kappa shape index (κ1) is 18.6. The Morgan fingerprint density at radius 3 is 2.33 bits per heavy atom. The fraction of sp³-hybridized carbons (Fsp3) is 0.650. The summed E-state index contributed by atoms with van der Waals surface area (Å²) in [7, 11) is 0. The van der Waals surface area contributed by atoms with E-state index in [0.29, 0.717) is 19.1 Å². The molecule has 1 aliphatic heterocycles. The Morgan fingerprint density at radius 1 is 1.12 bits per heavy atom. The molecule has 1 heterocycles. The third kappa shape index (κ3) is 3.85. The van der Waals surface area contributed by atoms with Crippen LogP contribution in [0.25, 0.3) is 0 Å². The summed E-state index contributed by atoms with van der Waals surface area (Å²) in [6.45, 7) is 13.1. The minimum absolute atomic E-state index is 0.175. The molecule has 134 valence electrons. The van der Waals surface area contributed by atoms with Crippen LogP contribution in [0.2, 0.25) is 0 Å². The summed E-state index contributed by atoms with van der Waals surface area (Å²) in [6.07, 6.45) is 2.20. The average molecular weight is 333 g/mol. The van der Waals surface area contributed by atoms with Crippen LogP contribution in [0.3, 0.4) is 0 Å². The zero-order valence-electron chi connectivity index (χ0n) is 15.7. The molecule has 1 aromatic rings. The maximum absolute atomic E-state index is 13.2. The highest BCUT2D eigenvalue weighted by Gasteiger charge is 2.34. The molecular formula is C20H31NO3. The summed E-state index contributed by atoms with van der Waals surface area (Å²) in [5, 5.41) is 0. The van der Waals surface area contributed by atoms with E-state index in [2.05, 4.69) is 20.8 Å². The SMILES string of the molecule is CCC(CC)CN(CC)C(=O)C(C)(C)c1ccc2c(c1)OCCO2. The molecule has 0 unspecified atom stereocenters. The number of fused-ring (bicyclic) bond motifs is 1. The first-order valence-corrected chi connectivity index (χ1v) is 9.13. The molecule has 0 fully saturated rings. The molecule has 0 spiro atoms. The molecule has 0 atom stereocenters. The number of amides is 1. The highest BCUT2D eigenvalue weighted by Crippen LogP contribution is 2.36. The van der Waals surface area contributed by atoms with Crippen LogP contribution < -0.4 is 9.47 Å². The summed E-state index contributed by atoms with van der Waals surface area (Å²) in [5.41, 5.74) is 0.387. The average Bonchev–Trinajstić information content (AvgIpc) is 2.62. The summed E-state index contributed by atoms with van der Waals surface area (Å²) in [5.74, 6) is 2.24. The summed E-state index contributed by atoms with van der Waals surface area (Å²) >= 11 is 0. The quantitative estimate of drug-likeness (QED) is 0.756. The van der Waals surface area contributed by atoms with Gasteiger partial charge in [0.2, 0.25) is 5.91 Å². The van der Waals surface area contributed by atoms with E-state index in [-0.39, 0.29) is 5.91 Å². The van der Waals surface area contributed by atoms with E-state index in [9.17, 15) is 4.79 Å². The molecule has 2 rings (SSSR count). The molecule has 1 amide bonds. The first-order chi connectivity index (χ1) is 11.4. The Hall–Kier alpha value is -1.71. The molecule has 0 aliphatic carbocycles. The Kier molecular flexibility index (Phi) is 6.14. The van der Waals surface area contributed by atoms with Crippen LogP contribution in [-0.2, 0) is 10.2 Å². The molecule has 0 bridgehead atoms. The molecule has 0 saturated carbocycles. The van der Waals surface area contributed by atoms with Crippen molar-refractivity contribution in [2.24, 2.45) is 5.92 Å². The van der Waals surface area contributed by atoms with Crippen molar-refractivity contribution >= 4 is 5.91 Å². The largest absolute Gasteiger partial charge is 0.486 e. The van der Waals surface area contributed by atoms with Gasteiger partial charge in [0.1, 0.15) is 13.2 Å². The Bertz CT molecular complexity index is 564. The van der Waals surface area contributed by atoms with Crippen molar-refractivity contribution in [3.05, 3.63) is 23.8 Å². The number of likely N-dealkylation sites (N-methyl/N-ethyl adjacent to an activating group) is 1. The second-order valence-corrected chi connectivity index (χ2v) is 7.01. The van der Waals surface area contributed by atoms with Gasteiger partial charge in [-0.05, 0) is 44.4 Å². The van der Waals surface area contributed by atoms with Gasteiger partial charge in [-0.1, -0.05) is 32.8 Å². The van der Waals surface area contributed by atoms with Crippen LogP contribution in [0.5, 0.6) is 11.5 Å². The van der Waals surface area contributed by atoms with Crippen LogP contribution in [0.1, 0.15) is 53.0 Å². The van der Waals surface area contributed by atoms with Crippen molar-refractivity contribution in [1.29, 1.82) is 0 Å². The standard InChI is InChI=1S/C20H31NO3/c1-6-15(7-2)14-21(8-3)19(22)20(4,5)16-9-10-17-18(13-16)24-12-11-23-17/h9-10,13,15H,6-8,11-12,14H2,1-5H3. The number of carbonyl (C=O) groups excluding carboxylic acids is 1. The van der Waals surface area contributed by atoms with Gasteiger partial charge in [0, 0.05) is 13.1 Å². The zero-order chi connectivity index (χ0) is 17.7. The number of carbonyl (C=O) groups is 1. The number of hydrogen-bond acceptors (Lipinski definition) is 3. The van der Waals surface area contributed by atoms with Gasteiger partial charge in [0.05, 0.1) is 5.41 Å². The van der Waals surface area contributed by atoms with Gasteiger partial charge in [-0.15, -0.1) is 0 Å². The molecule has 0 saturated heterocycles. The van der Waals surface area contributed by atoms with Gasteiger partial charge in [-0.25, -0.2) is 0 Å². The second kappa shape index (κ2) is 7.91. The van der Waals surface area contributed by atoms with Gasteiger partial charge < -0.3 is 14.4 Å². The Morgan fingerprint density at radius 2 is 1.75 bits per heavy atom. The molecule has 24 heavy (non-hydrogen) atoms. The maximum Gasteiger partial charge on any atom is 0.232 e. The van der Waals surface area contributed by atoms with Gasteiger partial charge in [0.25, 0.3) is 0 Å². The van der Waals surface area contributed by atoms with Crippen molar-refractivity contribution in [2.45, 2.75) is 52.9 Å². The molecule has 4 nitrogen and oxygen atoms in total. The summed E-state index contributed by atoms with van der Waals surface area (Å²) in [6, 6.07) is 5.85. The second-order valence-electron chi connectivity index (χ2n) is 7.01. The summed E-state index contributed by atoms with van der Waals surface area (Å²) in [4.78, 5) is 15.2. The number of nitrogens with zero attached hydrogens (tertiary/aromatic N) is 1. The normalized spacial score (nSPS) is 13.9. The van der Waals surface area contributed by atoms with E-state index >= 15 is 0 Å². The highest BCUT2D eigenvalue weighted by atomic mass is 16.6. The fourth-order valence-electron chi connectivity index (χ4n) is 3.17. The van der Waals surface area contributed by atoms with Gasteiger partial charge >= 0.3 is 0 Å². The van der Waals surface area contributed by atoms with Crippen molar-refractivity contribution < 1.29 is 14.3 Å². The van der Waals surface area contributed by atoms with Gasteiger partial charge in [0.15, 0.2) is 11.5 Å². The van der Waals surface area contributed by atoms with Crippen molar-refractivity contribution in [2.75, 3.05) is 26.3 Å². The van der Waals surface area contributed by atoms with E-state index in [1.54, 1.807) is 0 Å². The minimum Gasteiger partial charge on any atom is -0.486 e. The molecule has 1 aliphatic rings. The Labute approximate surface area is 146 Å². The Balaban J connectivity index is 2.22. The number of rotatable bonds is 7. The first-order valence-electron chi connectivity index (χ1n) is 9.13. The van der Waals surface area contributed by atoms with E-state index in [0.717, 1.165) is 43.0 Å². The third-order valence-electron chi connectivity index (χ3n) is 5.10. The lowest BCUT2D eigenvalue weighted by molar-refractivity contribution is -0.136. The highest BCUT2D eigenvalue weighted by molar-refractivity contribution is 5.87. The molecule has 0 N–H and O–H groups in total. The zero-order valence-corrected chi connectivity index (χ0v) is 15.7. The lowest BCUT2D eigenvalue weighted by Gasteiger charge is -2.34. The topological polar surface area (TPSA) is 38.8 Å². The lowest BCUT2D eigenvalue weighted by atomic mass is 9.82. The van der Waals surface area contributed by atoms with Crippen LogP contribution in [0, 0.1) is 5.92 Å². The van der Waals surface area contributed by atoms with Crippen molar-refractivity contribution in [3.63, 3.8) is 0 Å². The predicted molar refractivity (Wildman–Crippen MR) is 96.8 cm³/mol. The smallest absolute Gasteiger partial charge is 0.232 e. The molecular weight excluding hydrogens is 302 g/mol. The monoisotopic (exact) mass is 333 g/mol. The van der Waals surface area contributed by atoms with E-state index in [4.69, 9.17) is 9.47 Å². The lowest BCUT2D eigenvalue weighted by Crippen LogP contribution is -2.45. The van der Waals surface area contributed by atoms with Gasteiger partial charge in [-0.2, -0.15) is 0 Å². The van der Waals surface area contributed by atoms with Crippen molar-refractivity contribution in [3.8, 4) is 11.5 Å². The minimum atomic E-state index is -0.585. The number of ether oxygens (including phenoxy) is 2.